The maximum atomic E-state index is 13.4. The van der Waals surface area contributed by atoms with Crippen molar-refractivity contribution in [3.05, 3.63) is 53.3 Å². The average molecular weight is 316 g/mol. The molecule has 2 aromatic rings. The van der Waals surface area contributed by atoms with Crippen LogP contribution in [0.4, 0.5) is 8.78 Å². The molecule has 0 bridgehead atoms. The first-order valence-corrected chi connectivity index (χ1v) is 7.17. The molecule has 9 heteroatoms. The number of carbonyl (C=O) groups excluding carboxylic acids is 1. The van der Waals surface area contributed by atoms with E-state index in [2.05, 4.69) is 5.32 Å². The largest absolute Gasteiger partial charge is 0.438 e. The molecular formula is C12H10F2N2O4S. The first-order valence-electron chi connectivity index (χ1n) is 5.63. The third-order valence-corrected chi connectivity index (χ3v) is 3.35. The average Bonchev–Trinajstić information content (AvgIpc) is 2.87. The summed E-state index contributed by atoms with van der Waals surface area (Å²) in [6.07, 6.45) is 0. The van der Waals surface area contributed by atoms with Crippen molar-refractivity contribution < 1.29 is 26.4 Å². The van der Waals surface area contributed by atoms with Gasteiger partial charge in [-0.25, -0.2) is 22.3 Å². The van der Waals surface area contributed by atoms with Crippen molar-refractivity contribution in [3.8, 4) is 0 Å². The van der Waals surface area contributed by atoms with Crippen LogP contribution in [0.15, 0.2) is 39.8 Å². The van der Waals surface area contributed by atoms with Gasteiger partial charge in [0.25, 0.3) is 15.9 Å². The minimum Gasteiger partial charge on any atom is -0.438 e. The number of amides is 1. The molecule has 0 saturated heterocycles. The molecule has 0 unspecified atom stereocenters. The maximum absolute atomic E-state index is 13.4. The second-order valence-corrected chi connectivity index (χ2v) is 5.54. The summed E-state index contributed by atoms with van der Waals surface area (Å²) < 4.78 is 53.4. The highest BCUT2D eigenvalue weighted by molar-refractivity contribution is 7.89. The summed E-state index contributed by atoms with van der Waals surface area (Å²) in [4.78, 5) is 11.7. The van der Waals surface area contributed by atoms with Gasteiger partial charge >= 0.3 is 0 Å². The molecule has 1 aromatic heterocycles. The molecule has 0 saturated carbocycles. The summed E-state index contributed by atoms with van der Waals surface area (Å²) in [6, 6.07) is 5.40. The fourth-order valence-electron chi connectivity index (χ4n) is 1.55. The Morgan fingerprint density at radius 2 is 1.81 bits per heavy atom. The Kier molecular flexibility index (Phi) is 4.05. The zero-order chi connectivity index (χ0) is 15.6. The van der Waals surface area contributed by atoms with Crippen LogP contribution in [0.1, 0.15) is 16.1 Å². The molecule has 2 rings (SSSR count). The maximum Gasteiger partial charge on any atom is 0.287 e. The molecule has 1 amide bonds. The number of sulfonamides is 1. The number of primary sulfonamides is 1. The van der Waals surface area contributed by atoms with Gasteiger partial charge in [0.05, 0.1) is 0 Å². The Balaban J connectivity index is 2.11. The number of carbonyl (C=O) groups is 1. The minimum atomic E-state index is -4.06. The number of hydrogen-bond donors (Lipinski definition) is 2. The molecule has 0 radical (unpaired) electrons. The van der Waals surface area contributed by atoms with Crippen LogP contribution >= 0.6 is 0 Å². The molecule has 21 heavy (non-hydrogen) atoms. The van der Waals surface area contributed by atoms with Crippen molar-refractivity contribution in [1.29, 1.82) is 0 Å². The predicted octanol–water partition coefficient (Wildman–Crippen LogP) is 1.14. The van der Waals surface area contributed by atoms with E-state index in [9.17, 15) is 22.0 Å². The van der Waals surface area contributed by atoms with Gasteiger partial charge in [-0.05, 0) is 24.3 Å². The Morgan fingerprint density at radius 3 is 2.33 bits per heavy atom. The smallest absolute Gasteiger partial charge is 0.287 e. The topological polar surface area (TPSA) is 102 Å². The number of furan rings is 1. The summed E-state index contributed by atoms with van der Waals surface area (Å²) in [6.45, 7) is -0.414. The summed E-state index contributed by atoms with van der Waals surface area (Å²) in [5.41, 5.74) is -0.316. The number of benzene rings is 1. The number of rotatable bonds is 4. The molecule has 0 aliphatic rings. The van der Waals surface area contributed by atoms with E-state index in [1.165, 1.54) is 6.07 Å². The second-order valence-electron chi connectivity index (χ2n) is 4.05. The molecule has 112 valence electrons. The fourth-order valence-corrected chi connectivity index (χ4v) is 2.02. The lowest BCUT2D eigenvalue weighted by atomic mass is 10.2. The quantitative estimate of drug-likeness (QED) is 0.882. The van der Waals surface area contributed by atoms with Crippen LogP contribution in [0.5, 0.6) is 0 Å². The Hall–Kier alpha value is -2.26. The molecule has 1 aromatic carbocycles. The van der Waals surface area contributed by atoms with Crippen LogP contribution in [-0.2, 0) is 16.6 Å². The van der Waals surface area contributed by atoms with Gasteiger partial charge in [0.1, 0.15) is 11.6 Å². The number of halogens is 2. The van der Waals surface area contributed by atoms with E-state index in [1.54, 1.807) is 0 Å². The SMILES string of the molecule is NS(=O)(=O)c1ccc(C(=O)NCc2c(F)cccc2F)o1. The van der Waals surface area contributed by atoms with Crippen LogP contribution in [-0.4, -0.2) is 14.3 Å². The van der Waals surface area contributed by atoms with Crippen molar-refractivity contribution in [2.75, 3.05) is 0 Å². The molecule has 0 spiro atoms. The van der Waals surface area contributed by atoms with E-state index < -0.39 is 39.2 Å². The summed E-state index contributed by atoms with van der Waals surface area (Å²) in [5, 5.41) is 6.46. The standard InChI is InChI=1S/C12H10F2N2O4S/c13-8-2-1-3-9(14)7(8)6-16-12(17)10-4-5-11(20-10)21(15,18)19/h1-5H,6H2,(H,16,17)(H2,15,18,19). The second kappa shape index (κ2) is 5.62. The van der Waals surface area contributed by atoms with E-state index in [4.69, 9.17) is 9.56 Å². The highest BCUT2D eigenvalue weighted by Gasteiger charge is 2.18. The van der Waals surface area contributed by atoms with Gasteiger partial charge in [0, 0.05) is 12.1 Å². The zero-order valence-electron chi connectivity index (χ0n) is 10.5. The lowest BCUT2D eigenvalue weighted by molar-refractivity contribution is 0.0917. The third kappa shape index (κ3) is 3.44. The molecule has 0 atom stereocenters. The van der Waals surface area contributed by atoms with E-state index in [1.807, 2.05) is 0 Å². The number of nitrogens with two attached hydrogens (primary N) is 1. The van der Waals surface area contributed by atoms with E-state index >= 15 is 0 Å². The monoisotopic (exact) mass is 316 g/mol. The normalized spacial score (nSPS) is 11.4. The molecule has 6 nitrogen and oxygen atoms in total. The molecule has 0 aliphatic carbocycles. The van der Waals surface area contributed by atoms with E-state index in [-0.39, 0.29) is 11.3 Å². The predicted molar refractivity (Wildman–Crippen MR) is 67.6 cm³/mol. The summed E-state index contributed by atoms with van der Waals surface area (Å²) >= 11 is 0. The first-order chi connectivity index (χ1) is 9.79. The third-order valence-electron chi connectivity index (χ3n) is 2.57. The summed E-state index contributed by atoms with van der Waals surface area (Å²) in [7, 11) is -4.06. The molecule has 0 aliphatic heterocycles. The molecular weight excluding hydrogens is 306 g/mol. The highest BCUT2D eigenvalue weighted by Crippen LogP contribution is 2.14. The lowest BCUT2D eigenvalue weighted by Crippen LogP contribution is -2.23. The van der Waals surface area contributed by atoms with Crippen LogP contribution in [0.25, 0.3) is 0 Å². The van der Waals surface area contributed by atoms with Crippen molar-refractivity contribution in [2.45, 2.75) is 11.6 Å². The minimum absolute atomic E-state index is 0.316. The van der Waals surface area contributed by atoms with Gasteiger partial charge in [-0.3, -0.25) is 4.79 Å². The van der Waals surface area contributed by atoms with Gasteiger partial charge in [0.15, 0.2) is 5.76 Å². The number of hydrogen-bond acceptors (Lipinski definition) is 4. The van der Waals surface area contributed by atoms with Crippen LogP contribution in [0, 0.1) is 11.6 Å². The Morgan fingerprint density at radius 1 is 1.19 bits per heavy atom. The van der Waals surface area contributed by atoms with Crippen molar-refractivity contribution in [2.24, 2.45) is 5.14 Å². The fraction of sp³-hybridized carbons (Fsp3) is 0.0833. The van der Waals surface area contributed by atoms with Gasteiger partial charge in [-0.15, -0.1) is 0 Å². The van der Waals surface area contributed by atoms with Gasteiger partial charge in [-0.2, -0.15) is 0 Å². The van der Waals surface area contributed by atoms with Crippen LogP contribution in [0.2, 0.25) is 0 Å². The highest BCUT2D eigenvalue weighted by atomic mass is 32.2. The van der Waals surface area contributed by atoms with Crippen LogP contribution < -0.4 is 10.5 Å². The van der Waals surface area contributed by atoms with Gasteiger partial charge < -0.3 is 9.73 Å². The lowest BCUT2D eigenvalue weighted by Gasteiger charge is -2.05. The Labute approximate surface area is 118 Å². The zero-order valence-corrected chi connectivity index (χ0v) is 11.3. The molecule has 1 heterocycles. The van der Waals surface area contributed by atoms with Crippen molar-refractivity contribution in [3.63, 3.8) is 0 Å². The van der Waals surface area contributed by atoms with Gasteiger partial charge in [-0.1, -0.05) is 6.07 Å². The van der Waals surface area contributed by atoms with E-state index in [0.29, 0.717) is 0 Å². The first kappa shape index (κ1) is 15.1. The number of nitrogens with one attached hydrogen (secondary N) is 1. The van der Waals surface area contributed by atoms with Gasteiger partial charge in [0.2, 0.25) is 5.09 Å². The van der Waals surface area contributed by atoms with Crippen LogP contribution in [0.3, 0.4) is 0 Å². The molecule has 0 fully saturated rings. The van der Waals surface area contributed by atoms with E-state index in [0.717, 1.165) is 24.3 Å². The molecule has 3 N–H and O–H groups in total. The van der Waals surface area contributed by atoms with Crippen molar-refractivity contribution in [1.82, 2.24) is 5.32 Å². The van der Waals surface area contributed by atoms with Crippen molar-refractivity contribution >= 4 is 15.9 Å². The summed E-state index contributed by atoms with van der Waals surface area (Å²) in [5.74, 6) is -2.77. The Bertz CT molecular complexity index is 766.